The van der Waals surface area contributed by atoms with E-state index >= 15 is 0 Å². The highest BCUT2D eigenvalue weighted by Gasteiger charge is 1.99. The maximum Gasteiger partial charge on any atom is 0.305 e. The third-order valence-corrected chi connectivity index (χ3v) is 5.37. The molecule has 0 heterocycles. The molecule has 0 spiro atoms. The fourth-order valence-electron chi connectivity index (χ4n) is 3.50. The monoisotopic (exact) mass is 380 g/mol. The smallest absolute Gasteiger partial charge is 0.305 e. The summed E-state index contributed by atoms with van der Waals surface area (Å²) in [5, 5.41) is 0. The second-order valence-electron chi connectivity index (χ2n) is 8.03. The predicted octanol–water partition coefficient (Wildman–Crippen LogP) is 8.54. The summed E-state index contributed by atoms with van der Waals surface area (Å²) in [4.78, 5) is 11.0. The van der Waals surface area contributed by atoms with Crippen LogP contribution < -0.4 is 0 Å². The van der Waals surface area contributed by atoms with Crippen LogP contribution in [0.25, 0.3) is 0 Å². The highest BCUT2D eigenvalue weighted by Crippen LogP contribution is 2.12. The Morgan fingerprint density at radius 2 is 0.963 bits per heavy atom. The summed E-state index contributed by atoms with van der Waals surface area (Å²) in [7, 11) is 1.47. The number of carbonyl (C=O) groups is 1. The molecule has 0 fully saturated rings. The molecule has 0 aromatic heterocycles. The van der Waals surface area contributed by atoms with E-state index in [1.165, 1.54) is 123 Å². The van der Waals surface area contributed by atoms with Gasteiger partial charge in [0.05, 0.1) is 7.11 Å². The molecule has 0 aliphatic carbocycles. The third-order valence-electron chi connectivity index (χ3n) is 5.37. The summed E-state index contributed by atoms with van der Waals surface area (Å²) in [6, 6.07) is 0. The molecule has 2 nitrogen and oxygen atoms in total. The van der Waals surface area contributed by atoms with Gasteiger partial charge in [0.2, 0.25) is 0 Å². The first-order chi connectivity index (χ1) is 13.3. The first-order valence-electron chi connectivity index (χ1n) is 12.0. The Kier molecular flexibility index (Phi) is 22.6. The highest BCUT2D eigenvalue weighted by atomic mass is 16.5. The number of hydrogen-bond acceptors (Lipinski definition) is 2. The van der Waals surface area contributed by atoms with E-state index in [0.717, 1.165) is 6.42 Å². The normalized spacial score (nSPS) is 11.3. The molecule has 0 atom stereocenters. The summed E-state index contributed by atoms with van der Waals surface area (Å²) >= 11 is 0. The van der Waals surface area contributed by atoms with Gasteiger partial charge in [0.25, 0.3) is 0 Å². The van der Waals surface area contributed by atoms with E-state index in [1.54, 1.807) is 0 Å². The molecule has 0 N–H and O–H groups in total. The molecule has 0 aromatic rings. The van der Waals surface area contributed by atoms with Crippen LogP contribution in [-0.4, -0.2) is 13.1 Å². The Morgan fingerprint density at radius 3 is 1.37 bits per heavy atom. The van der Waals surface area contributed by atoms with Crippen LogP contribution in [0.15, 0.2) is 12.2 Å². The molecule has 0 saturated carbocycles. The van der Waals surface area contributed by atoms with Crippen molar-refractivity contribution in [2.75, 3.05) is 7.11 Å². The number of rotatable bonds is 21. The van der Waals surface area contributed by atoms with Gasteiger partial charge in [-0.2, -0.15) is 0 Å². The van der Waals surface area contributed by atoms with Crippen molar-refractivity contribution in [3.05, 3.63) is 12.2 Å². The molecule has 0 amide bonds. The summed E-state index contributed by atoms with van der Waals surface area (Å²) in [5.74, 6) is -0.0677. The second kappa shape index (κ2) is 23.2. The summed E-state index contributed by atoms with van der Waals surface area (Å²) in [6.45, 7) is 2.28. The minimum atomic E-state index is -0.0677. The number of esters is 1. The number of unbranched alkanes of at least 4 members (excludes halogenated alkanes) is 17. The van der Waals surface area contributed by atoms with Crippen LogP contribution in [0.1, 0.15) is 135 Å². The van der Waals surface area contributed by atoms with Crippen molar-refractivity contribution in [3.8, 4) is 0 Å². The van der Waals surface area contributed by atoms with Crippen molar-refractivity contribution in [3.63, 3.8) is 0 Å². The lowest BCUT2D eigenvalue weighted by Crippen LogP contribution is -1.99. The van der Waals surface area contributed by atoms with E-state index in [4.69, 9.17) is 0 Å². The SMILES string of the molecule is CCCCCCCCCC/C=C/CCCCCCCCCCCC(=O)OC. The van der Waals surface area contributed by atoms with Gasteiger partial charge in [-0.3, -0.25) is 4.79 Å². The van der Waals surface area contributed by atoms with Crippen LogP contribution in [0.2, 0.25) is 0 Å². The summed E-state index contributed by atoms with van der Waals surface area (Å²) in [5.41, 5.74) is 0. The van der Waals surface area contributed by atoms with Gasteiger partial charge >= 0.3 is 5.97 Å². The van der Waals surface area contributed by atoms with Gasteiger partial charge in [0, 0.05) is 6.42 Å². The second-order valence-corrected chi connectivity index (χ2v) is 8.03. The number of ether oxygens (including phenoxy) is 1. The minimum Gasteiger partial charge on any atom is -0.469 e. The van der Waals surface area contributed by atoms with Crippen LogP contribution in [-0.2, 0) is 9.53 Å². The predicted molar refractivity (Wildman–Crippen MR) is 119 cm³/mol. The Balaban J connectivity index is 3.09. The van der Waals surface area contributed by atoms with Crippen molar-refractivity contribution in [2.45, 2.75) is 135 Å². The van der Waals surface area contributed by atoms with Crippen LogP contribution in [0.4, 0.5) is 0 Å². The highest BCUT2D eigenvalue weighted by molar-refractivity contribution is 5.68. The third kappa shape index (κ3) is 23.2. The minimum absolute atomic E-state index is 0.0677. The van der Waals surface area contributed by atoms with Crippen molar-refractivity contribution in [2.24, 2.45) is 0 Å². The summed E-state index contributed by atoms with van der Waals surface area (Å²) < 4.78 is 4.65. The maximum absolute atomic E-state index is 11.0. The van der Waals surface area contributed by atoms with Crippen LogP contribution in [0.3, 0.4) is 0 Å². The fourth-order valence-corrected chi connectivity index (χ4v) is 3.50. The molecule has 0 aromatic carbocycles. The van der Waals surface area contributed by atoms with Gasteiger partial charge in [-0.1, -0.05) is 109 Å². The van der Waals surface area contributed by atoms with Crippen LogP contribution in [0.5, 0.6) is 0 Å². The lowest BCUT2D eigenvalue weighted by molar-refractivity contribution is -0.140. The number of carbonyl (C=O) groups excluding carboxylic acids is 1. The standard InChI is InChI=1S/C25H48O2/c1-3-4-5-6-7-8-9-10-11-12-13-14-15-16-17-18-19-20-21-22-23-24-25(26)27-2/h12-13H,3-11,14-24H2,1-2H3/b13-12+. The zero-order chi connectivity index (χ0) is 19.8. The molecule has 0 radical (unpaired) electrons. The average Bonchev–Trinajstić information content (AvgIpc) is 2.68. The van der Waals surface area contributed by atoms with Crippen LogP contribution in [0, 0.1) is 0 Å². The van der Waals surface area contributed by atoms with Crippen molar-refractivity contribution >= 4 is 5.97 Å². The topological polar surface area (TPSA) is 26.3 Å². The molecule has 0 saturated heterocycles. The van der Waals surface area contributed by atoms with E-state index in [9.17, 15) is 4.79 Å². The van der Waals surface area contributed by atoms with E-state index < -0.39 is 0 Å². The van der Waals surface area contributed by atoms with E-state index in [-0.39, 0.29) is 5.97 Å². The first kappa shape index (κ1) is 26.2. The van der Waals surface area contributed by atoms with Crippen LogP contribution >= 0.6 is 0 Å². The Hall–Kier alpha value is -0.790. The van der Waals surface area contributed by atoms with Gasteiger partial charge in [0.15, 0.2) is 0 Å². The molecule has 0 rings (SSSR count). The molecular formula is C25H48O2. The van der Waals surface area contributed by atoms with E-state index in [0.29, 0.717) is 6.42 Å². The summed E-state index contributed by atoms with van der Waals surface area (Å²) in [6.07, 6.45) is 30.8. The zero-order valence-corrected chi connectivity index (χ0v) is 18.6. The van der Waals surface area contributed by atoms with Crippen molar-refractivity contribution in [1.82, 2.24) is 0 Å². The molecule has 2 heteroatoms. The molecule has 0 aliphatic rings. The quantitative estimate of drug-likeness (QED) is 0.113. The zero-order valence-electron chi connectivity index (χ0n) is 18.6. The lowest BCUT2D eigenvalue weighted by Gasteiger charge is -2.02. The Morgan fingerprint density at radius 1 is 0.593 bits per heavy atom. The van der Waals surface area contributed by atoms with Crippen molar-refractivity contribution < 1.29 is 9.53 Å². The largest absolute Gasteiger partial charge is 0.469 e. The average molecular weight is 381 g/mol. The van der Waals surface area contributed by atoms with Gasteiger partial charge in [-0.25, -0.2) is 0 Å². The number of hydrogen-bond donors (Lipinski definition) is 0. The molecule has 0 unspecified atom stereocenters. The first-order valence-corrected chi connectivity index (χ1v) is 12.0. The molecule has 160 valence electrons. The molecule has 0 bridgehead atoms. The van der Waals surface area contributed by atoms with Gasteiger partial charge in [-0.15, -0.1) is 0 Å². The van der Waals surface area contributed by atoms with Crippen molar-refractivity contribution in [1.29, 1.82) is 0 Å². The van der Waals surface area contributed by atoms with Gasteiger partial charge < -0.3 is 4.74 Å². The molecule has 0 aliphatic heterocycles. The lowest BCUT2D eigenvalue weighted by atomic mass is 10.1. The van der Waals surface area contributed by atoms with E-state index in [2.05, 4.69) is 23.8 Å². The Bertz CT molecular complexity index is 322. The number of methoxy groups -OCH3 is 1. The maximum atomic E-state index is 11.0. The van der Waals surface area contributed by atoms with Gasteiger partial charge in [-0.05, 0) is 32.1 Å². The van der Waals surface area contributed by atoms with E-state index in [1.807, 2.05) is 0 Å². The number of allylic oxidation sites excluding steroid dienone is 2. The molecule has 27 heavy (non-hydrogen) atoms. The molecular weight excluding hydrogens is 332 g/mol. The fraction of sp³-hybridized carbons (Fsp3) is 0.880. The van der Waals surface area contributed by atoms with Gasteiger partial charge in [0.1, 0.15) is 0 Å². The Labute approximate surface area is 170 Å².